The number of hydrogen-bond acceptors (Lipinski definition) is 4. The van der Waals surface area contributed by atoms with E-state index in [9.17, 15) is 0 Å². The first-order chi connectivity index (χ1) is 8.31. The molecule has 0 aliphatic carbocycles. The summed E-state index contributed by atoms with van der Waals surface area (Å²) in [5.74, 6) is 6.58. The lowest BCUT2D eigenvalue weighted by Crippen LogP contribution is -2.29. The van der Waals surface area contributed by atoms with Crippen LogP contribution in [-0.2, 0) is 6.42 Å². The molecule has 0 bridgehead atoms. The molecule has 0 spiro atoms. The van der Waals surface area contributed by atoms with Gasteiger partial charge in [-0.2, -0.15) is 0 Å². The molecule has 2 aromatic heterocycles. The number of aryl methyl sites for hydroxylation is 2. The van der Waals surface area contributed by atoms with E-state index >= 15 is 0 Å². The molecule has 0 saturated carbocycles. The van der Waals surface area contributed by atoms with Gasteiger partial charge in [-0.3, -0.25) is 16.3 Å². The number of rotatable bonds is 5. The van der Waals surface area contributed by atoms with Crippen LogP contribution in [-0.4, -0.2) is 4.98 Å². The number of pyridine rings is 1. The number of hydrogen-bond donors (Lipinski definition) is 2. The van der Waals surface area contributed by atoms with Gasteiger partial charge in [0.05, 0.1) is 6.26 Å². The van der Waals surface area contributed by atoms with Crippen LogP contribution in [0.4, 0.5) is 0 Å². The molecule has 1 unspecified atom stereocenters. The number of furan rings is 1. The minimum absolute atomic E-state index is 0.105. The van der Waals surface area contributed by atoms with Crippen LogP contribution in [0, 0.1) is 6.92 Å². The molecule has 0 amide bonds. The highest BCUT2D eigenvalue weighted by Crippen LogP contribution is 2.20. The largest absolute Gasteiger partial charge is 0.469 e. The smallest absolute Gasteiger partial charge is 0.103 e. The molecule has 2 heterocycles. The van der Waals surface area contributed by atoms with Gasteiger partial charge in [-0.05, 0) is 42.7 Å². The first-order valence-electron chi connectivity index (χ1n) is 5.70. The quantitative estimate of drug-likeness (QED) is 0.611. The molecule has 0 saturated heterocycles. The Hall–Kier alpha value is -1.65. The van der Waals surface area contributed by atoms with Crippen LogP contribution in [0.15, 0.2) is 41.3 Å². The molecule has 1 atom stereocenters. The van der Waals surface area contributed by atoms with Crippen molar-refractivity contribution in [3.05, 3.63) is 53.7 Å². The molecule has 2 rings (SSSR count). The number of nitrogens with one attached hydrogen (secondary N) is 1. The van der Waals surface area contributed by atoms with Gasteiger partial charge in [-0.1, -0.05) is 0 Å². The fraction of sp³-hybridized carbons (Fsp3) is 0.308. The molecule has 3 N–H and O–H groups in total. The van der Waals surface area contributed by atoms with Crippen molar-refractivity contribution in [1.29, 1.82) is 0 Å². The van der Waals surface area contributed by atoms with Crippen LogP contribution in [0.1, 0.15) is 29.3 Å². The fourth-order valence-electron chi connectivity index (χ4n) is 1.91. The van der Waals surface area contributed by atoms with E-state index in [4.69, 9.17) is 10.3 Å². The average Bonchev–Trinajstić information content (AvgIpc) is 2.85. The van der Waals surface area contributed by atoms with Crippen LogP contribution < -0.4 is 11.3 Å². The zero-order valence-corrected chi connectivity index (χ0v) is 9.89. The zero-order valence-electron chi connectivity index (χ0n) is 9.89. The van der Waals surface area contributed by atoms with Crippen molar-refractivity contribution in [1.82, 2.24) is 10.4 Å². The lowest BCUT2D eigenvalue weighted by Gasteiger charge is -2.17. The Balaban J connectivity index is 2.04. The minimum Gasteiger partial charge on any atom is -0.469 e. The summed E-state index contributed by atoms with van der Waals surface area (Å²) in [4.78, 5) is 4.14. The van der Waals surface area contributed by atoms with Crippen molar-refractivity contribution in [2.24, 2.45) is 5.84 Å². The van der Waals surface area contributed by atoms with Crippen LogP contribution in [0.25, 0.3) is 0 Å². The first kappa shape index (κ1) is 11.8. The first-order valence-corrected chi connectivity index (χ1v) is 5.70. The Kier molecular flexibility index (Phi) is 3.90. The third-order valence-electron chi connectivity index (χ3n) is 2.92. The van der Waals surface area contributed by atoms with Gasteiger partial charge >= 0.3 is 0 Å². The third-order valence-corrected chi connectivity index (χ3v) is 2.92. The second-order valence-corrected chi connectivity index (χ2v) is 4.07. The maximum absolute atomic E-state index is 5.60. The van der Waals surface area contributed by atoms with Crippen LogP contribution in [0.3, 0.4) is 0 Å². The van der Waals surface area contributed by atoms with E-state index in [0.717, 1.165) is 24.2 Å². The summed E-state index contributed by atoms with van der Waals surface area (Å²) >= 11 is 0. The normalized spacial score (nSPS) is 12.6. The van der Waals surface area contributed by atoms with Gasteiger partial charge in [-0.15, -0.1) is 0 Å². The predicted octanol–water partition coefficient (Wildman–Crippen LogP) is 2.12. The van der Waals surface area contributed by atoms with Gasteiger partial charge in [0.25, 0.3) is 0 Å². The van der Waals surface area contributed by atoms with Gasteiger partial charge in [0, 0.05) is 24.9 Å². The summed E-state index contributed by atoms with van der Waals surface area (Å²) in [5, 5.41) is 0. The maximum atomic E-state index is 5.60. The highest BCUT2D eigenvalue weighted by molar-refractivity contribution is 5.25. The maximum Gasteiger partial charge on any atom is 0.103 e. The SMILES string of the molecule is Cc1ccncc1C(CCc1ccco1)NN. The molecule has 0 aromatic carbocycles. The third kappa shape index (κ3) is 2.93. The number of nitrogens with zero attached hydrogens (tertiary/aromatic N) is 1. The average molecular weight is 231 g/mol. The molecule has 0 fully saturated rings. The second-order valence-electron chi connectivity index (χ2n) is 4.07. The van der Waals surface area contributed by atoms with E-state index in [0.29, 0.717) is 0 Å². The summed E-state index contributed by atoms with van der Waals surface area (Å²) in [6, 6.07) is 5.97. The van der Waals surface area contributed by atoms with E-state index in [1.165, 1.54) is 5.56 Å². The number of hydrazine groups is 1. The van der Waals surface area contributed by atoms with Gasteiger partial charge in [0.1, 0.15) is 5.76 Å². The molecule has 17 heavy (non-hydrogen) atoms. The molecule has 2 aromatic rings. The summed E-state index contributed by atoms with van der Waals surface area (Å²) in [6.45, 7) is 2.06. The van der Waals surface area contributed by atoms with E-state index in [1.54, 1.807) is 12.5 Å². The van der Waals surface area contributed by atoms with Crippen molar-refractivity contribution in [2.45, 2.75) is 25.8 Å². The monoisotopic (exact) mass is 231 g/mol. The van der Waals surface area contributed by atoms with E-state index in [2.05, 4.69) is 17.3 Å². The second kappa shape index (κ2) is 5.61. The van der Waals surface area contributed by atoms with Gasteiger partial charge in [0.2, 0.25) is 0 Å². The van der Waals surface area contributed by atoms with Crippen LogP contribution in [0.2, 0.25) is 0 Å². The Morgan fingerprint density at radius 1 is 1.47 bits per heavy atom. The Morgan fingerprint density at radius 3 is 3.00 bits per heavy atom. The van der Waals surface area contributed by atoms with Crippen molar-refractivity contribution < 1.29 is 4.42 Å². The highest BCUT2D eigenvalue weighted by atomic mass is 16.3. The molecular weight excluding hydrogens is 214 g/mol. The molecule has 4 heteroatoms. The molecule has 0 aliphatic heterocycles. The summed E-state index contributed by atoms with van der Waals surface area (Å²) in [6.07, 6.45) is 7.09. The topological polar surface area (TPSA) is 64.1 Å². The molecule has 90 valence electrons. The van der Waals surface area contributed by atoms with Crippen molar-refractivity contribution in [2.75, 3.05) is 0 Å². The lowest BCUT2D eigenvalue weighted by atomic mass is 10.00. The van der Waals surface area contributed by atoms with Crippen LogP contribution in [0.5, 0.6) is 0 Å². The summed E-state index contributed by atoms with van der Waals surface area (Å²) < 4.78 is 5.31. The Morgan fingerprint density at radius 2 is 2.35 bits per heavy atom. The van der Waals surface area contributed by atoms with Gasteiger partial charge < -0.3 is 4.42 Å². The molecule has 4 nitrogen and oxygen atoms in total. The van der Waals surface area contributed by atoms with Crippen molar-refractivity contribution in [3.8, 4) is 0 Å². The molecule has 0 radical (unpaired) electrons. The highest BCUT2D eigenvalue weighted by Gasteiger charge is 2.12. The lowest BCUT2D eigenvalue weighted by molar-refractivity contribution is 0.457. The van der Waals surface area contributed by atoms with Gasteiger partial charge in [-0.25, -0.2) is 0 Å². The van der Waals surface area contributed by atoms with E-state index in [1.807, 2.05) is 24.4 Å². The van der Waals surface area contributed by atoms with E-state index < -0.39 is 0 Å². The Bertz CT molecular complexity index is 453. The number of aromatic nitrogens is 1. The minimum atomic E-state index is 0.105. The Labute approximate surface area is 101 Å². The number of nitrogens with two attached hydrogens (primary N) is 1. The van der Waals surface area contributed by atoms with Crippen molar-refractivity contribution in [3.63, 3.8) is 0 Å². The summed E-state index contributed by atoms with van der Waals surface area (Å²) in [5.41, 5.74) is 5.18. The fourth-order valence-corrected chi connectivity index (χ4v) is 1.91. The van der Waals surface area contributed by atoms with Crippen molar-refractivity contribution >= 4 is 0 Å². The summed E-state index contributed by atoms with van der Waals surface area (Å²) in [7, 11) is 0. The standard InChI is InChI=1S/C13H17N3O/c1-10-6-7-15-9-12(10)13(16-14)5-4-11-3-2-8-17-11/h2-3,6-9,13,16H,4-5,14H2,1H3. The van der Waals surface area contributed by atoms with Crippen LogP contribution >= 0.6 is 0 Å². The van der Waals surface area contributed by atoms with Gasteiger partial charge in [0.15, 0.2) is 0 Å². The van der Waals surface area contributed by atoms with E-state index in [-0.39, 0.29) is 6.04 Å². The predicted molar refractivity (Wildman–Crippen MR) is 66.1 cm³/mol. The molecule has 0 aliphatic rings. The zero-order chi connectivity index (χ0) is 12.1. The molecular formula is C13H17N3O.